The molecule has 2 aromatic carbocycles. The van der Waals surface area contributed by atoms with Gasteiger partial charge in [-0.2, -0.15) is 0 Å². The number of rotatable bonds is 10. The summed E-state index contributed by atoms with van der Waals surface area (Å²) in [7, 11) is 0. The molecule has 1 aliphatic rings. The van der Waals surface area contributed by atoms with Gasteiger partial charge in [0.2, 0.25) is 0 Å². The van der Waals surface area contributed by atoms with Crippen molar-refractivity contribution in [2.45, 2.75) is 32.2 Å². The van der Waals surface area contributed by atoms with Crippen molar-refractivity contribution in [3.63, 3.8) is 0 Å². The molecule has 1 aromatic heterocycles. The molecule has 2 N–H and O–H groups in total. The first-order chi connectivity index (χ1) is 17.2. The van der Waals surface area contributed by atoms with Gasteiger partial charge >= 0.3 is 0 Å². The Labute approximate surface area is 207 Å². The minimum Gasteiger partial charge on any atom is -0.384 e. The summed E-state index contributed by atoms with van der Waals surface area (Å²) < 4.78 is 0. The third kappa shape index (κ3) is 7.30. The van der Waals surface area contributed by atoms with Crippen molar-refractivity contribution in [2.24, 2.45) is 10.9 Å². The summed E-state index contributed by atoms with van der Waals surface area (Å²) in [6.45, 7) is 2.92. The van der Waals surface area contributed by atoms with Crippen molar-refractivity contribution in [2.75, 3.05) is 31.1 Å². The molecule has 0 bridgehead atoms. The van der Waals surface area contributed by atoms with Crippen molar-refractivity contribution in [3.05, 3.63) is 95.7 Å². The molecule has 0 spiro atoms. The largest absolute Gasteiger partial charge is 0.384 e. The maximum absolute atomic E-state index is 13.0. The number of aromatic nitrogens is 1. The van der Waals surface area contributed by atoms with Crippen LogP contribution in [-0.4, -0.2) is 47.9 Å². The molecule has 0 radical (unpaired) electrons. The summed E-state index contributed by atoms with van der Waals surface area (Å²) in [5.41, 5.74) is 9.15. The summed E-state index contributed by atoms with van der Waals surface area (Å²) in [5, 5.41) is 4.03. The number of amidine groups is 1. The second-order valence-electron chi connectivity index (χ2n) is 8.74. The normalized spacial score (nSPS) is 13.9. The molecule has 0 atom stereocenters. The number of hydrogen-bond donors (Lipinski definition) is 1. The molecule has 1 amide bonds. The monoisotopic (exact) mass is 471 g/mol. The van der Waals surface area contributed by atoms with Crippen LogP contribution in [0.5, 0.6) is 0 Å². The Kier molecular flexibility index (Phi) is 8.70. The van der Waals surface area contributed by atoms with Crippen molar-refractivity contribution < 1.29 is 9.63 Å². The molecule has 0 aliphatic carbocycles. The SMILES string of the molecule is N/C(=N/OCC(=O)N(CCc1ccccc1)Cc1ccccc1)c1ccnc(N2CCCCC2)c1. The van der Waals surface area contributed by atoms with Crippen LogP contribution in [0.25, 0.3) is 0 Å². The van der Waals surface area contributed by atoms with E-state index in [-0.39, 0.29) is 18.3 Å². The molecule has 4 rings (SSSR count). The second kappa shape index (κ2) is 12.6. The molecular formula is C28H33N5O2. The lowest BCUT2D eigenvalue weighted by atomic mass is 10.1. The van der Waals surface area contributed by atoms with Crippen LogP contribution < -0.4 is 10.6 Å². The zero-order valence-corrected chi connectivity index (χ0v) is 20.1. The standard InChI is InChI=1S/C28H33N5O2/c29-28(25-14-16-30-26(20-25)32-17-8-3-9-18-32)31-35-22-27(34)33(21-24-12-6-2-7-13-24)19-15-23-10-4-1-5-11-23/h1-2,4-7,10-14,16,20H,3,8-9,15,17-19,21-22H2,(H2,29,31). The minimum atomic E-state index is -0.174. The third-order valence-electron chi connectivity index (χ3n) is 6.15. The topological polar surface area (TPSA) is 84.0 Å². The molecule has 35 heavy (non-hydrogen) atoms. The Morgan fingerprint density at radius 1 is 0.971 bits per heavy atom. The van der Waals surface area contributed by atoms with Gasteiger partial charge in [0.25, 0.3) is 5.91 Å². The smallest absolute Gasteiger partial charge is 0.263 e. The van der Waals surface area contributed by atoms with Gasteiger partial charge in [-0.05, 0) is 48.9 Å². The first-order valence-electron chi connectivity index (χ1n) is 12.2. The zero-order valence-electron chi connectivity index (χ0n) is 20.1. The number of hydrogen-bond acceptors (Lipinski definition) is 5. The lowest BCUT2D eigenvalue weighted by molar-refractivity contribution is -0.136. The average Bonchev–Trinajstić information content (AvgIpc) is 2.92. The lowest BCUT2D eigenvalue weighted by Crippen LogP contribution is -2.35. The Morgan fingerprint density at radius 3 is 2.37 bits per heavy atom. The van der Waals surface area contributed by atoms with Crippen LogP contribution in [0.4, 0.5) is 5.82 Å². The van der Waals surface area contributed by atoms with Gasteiger partial charge in [-0.1, -0.05) is 65.8 Å². The number of oxime groups is 1. The highest BCUT2D eigenvalue weighted by Gasteiger charge is 2.16. The van der Waals surface area contributed by atoms with Crippen molar-refractivity contribution >= 4 is 17.6 Å². The van der Waals surface area contributed by atoms with E-state index in [2.05, 4.69) is 27.2 Å². The van der Waals surface area contributed by atoms with Crippen LogP contribution in [0.3, 0.4) is 0 Å². The molecule has 2 heterocycles. The van der Waals surface area contributed by atoms with Crippen LogP contribution in [-0.2, 0) is 22.6 Å². The van der Waals surface area contributed by atoms with Crippen LogP contribution in [0.15, 0.2) is 84.1 Å². The number of piperidine rings is 1. The Morgan fingerprint density at radius 2 is 1.66 bits per heavy atom. The minimum absolute atomic E-state index is 0.134. The van der Waals surface area contributed by atoms with Gasteiger partial charge in [-0.3, -0.25) is 4.79 Å². The predicted molar refractivity (Wildman–Crippen MR) is 139 cm³/mol. The van der Waals surface area contributed by atoms with Crippen LogP contribution in [0.2, 0.25) is 0 Å². The lowest BCUT2D eigenvalue weighted by Gasteiger charge is -2.27. The number of pyridine rings is 1. The highest BCUT2D eigenvalue weighted by atomic mass is 16.6. The molecule has 1 saturated heterocycles. The van der Waals surface area contributed by atoms with E-state index in [1.165, 1.54) is 24.8 Å². The number of carbonyl (C=O) groups excluding carboxylic acids is 1. The highest BCUT2D eigenvalue weighted by Crippen LogP contribution is 2.18. The van der Waals surface area contributed by atoms with E-state index in [1.54, 1.807) is 17.2 Å². The van der Waals surface area contributed by atoms with E-state index >= 15 is 0 Å². The van der Waals surface area contributed by atoms with Crippen LogP contribution in [0, 0.1) is 0 Å². The molecule has 7 nitrogen and oxygen atoms in total. The van der Waals surface area contributed by atoms with Crippen molar-refractivity contribution in [1.29, 1.82) is 0 Å². The van der Waals surface area contributed by atoms with E-state index in [1.807, 2.05) is 54.6 Å². The van der Waals surface area contributed by atoms with E-state index in [0.29, 0.717) is 13.1 Å². The quantitative estimate of drug-likeness (QED) is 0.275. The van der Waals surface area contributed by atoms with Gasteiger partial charge in [0.1, 0.15) is 5.82 Å². The van der Waals surface area contributed by atoms with E-state index in [0.717, 1.165) is 36.5 Å². The number of nitrogens with zero attached hydrogens (tertiary/aromatic N) is 4. The number of anilines is 1. The van der Waals surface area contributed by atoms with Gasteiger partial charge in [-0.15, -0.1) is 0 Å². The van der Waals surface area contributed by atoms with E-state index < -0.39 is 0 Å². The maximum Gasteiger partial charge on any atom is 0.263 e. The fourth-order valence-corrected chi connectivity index (χ4v) is 4.18. The molecule has 7 heteroatoms. The fraction of sp³-hybridized carbons (Fsp3) is 0.321. The molecule has 1 aliphatic heterocycles. The third-order valence-corrected chi connectivity index (χ3v) is 6.15. The van der Waals surface area contributed by atoms with Crippen LogP contribution >= 0.6 is 0 Å². The highest BCUT2D eigenvalue weighted by molar-refractivity contribution is 5.97. The van der Waals surface area contributed by atoms with Gasteiger partial charge in [0.15, 0.2) is 12.4 Å². The molecule has 3 aromatic rings. The van der Waals surface area contributed by atoms with Gasteiger partial charge in [0, 0.05) is 37.9 Å². The number of nitrogens with two attached hydrogens (primary N) is 1. The van der Waals surface area contributed by atoms with Crippen LogP contribution in [0.1, 0.15) is 36.0 Å². The molecule has 0 saturated carbocycles. The summed E-state index contributed by atoms with van der Waals surface area (Å²) in [4.78, 5) is 27.0. The predicted octanol–water partition coefficient (Wildman–Crippen LogP) is 3.98. The Balaban J connectivity index is 1.37. The fourth-order valence-electron chi connectivity index (χ4n) is 4.18. The van der Waals surface area contributed by atoms with E-state index in [9.17, 15) is 4.79 Å². The number of benzene rings is 2. The zero-order chi connectivity index (χ0) is 24.3. The summed E-state index contributed by atoms with van der Waals surface area (Å²) in [6, 6.07) is 23.8. The average molecular weight is 472 g/mol. The Hall–Kier alpha value is -3.87. The Bertz CT molecular complexity index is 1100. The summed E-state index contributed by atoms with van der Waals surface area (Å²) in [5.74, 6) is 0.994. The molecule has 0 unspecified atom stereocenters. The first kappa shape index (κ1) is 24.3. The summed E-state index contributed by atoms with van der Waals surface area (Å²) >= 11 is 0. The van der Waals surface area contributed by atoms with Gasteiger partial charge < -0.3 is 20.4 Å². The second-order valence-corrected chi connectivity index (χ2v) is 8.74. The maximum atomic E-state index is 13.0. The first-order valence-corrected chi connectivity index (χ1v) is 12.2. The van der Waals surface area contributed by atoms with E-state index in [4.69, 9.17) is 10.6 Å². The van der Waals surface area contributed by atoms with Gasteiger partial charge in [0.05, 0.1) is 0 Å². The molecule has 1 fully saturated rings. The summed E-state index contributed by atoms with van der Waals surface area (Å²) in [6.07, 6.45) is 6.10. The van der Waals surface area contributed by atoms with Crippen molar-refractivity contribution in [3.8, 4) is 0 Å². The molecular weight excluding hydrogens is 438 g/mol. The number of amides is 1. The number of carbonyl (C=O) groups is 1. The van der Waals surface area contributed by atoms with Crippen molar-refractivity contribution in [1.82, 2.24) is 9.88 Å². The van der Waals surface area contributed by atoms with Gasteiger partial charge in [-0.25, -0.2) is 4.98 Å². The molecule has 182 valence electrons.